The molecule has 4 heteroatoms. The Hall–Kier alpha value is -1.03. The van der Waals surface area contributed by atoms with Gasteiger partial charge in [-0.25, -0.2) is 9.18 Å². The summed E-state index contributed by atoms with van der Waals surface area (Å²) in [4.78, 5) is 11.2. The van der Waals surface area contributed by atoms with E-state index >= 15 is 0 Å². The van der Waals surface area contributed by atoms with E-state index in [-0.39, 0.29) is 5.56 Å². The standard InChI is InChI=1S/C9H9FO2S/c1-2-13-6-3-4-7(9(11)12)8(10)5-6/h3-5H,2H2,1H3,(H,11,12). The molecule has 0 bridgehead atoms. The van der Waals surface area contributed by atoms with E-state index in [1.54, 1.807) is 6.07 Å². The largest absolute Gasteiger partial charge is 0.478 e. The van der Waals surface area contributed by atoms with Crippen LogP contribution in [0.1, 0.15) is 17.3 Å². The number of hydrogen-bond acceptors (Lipinski definition) is 2. The fourth-order valence-electron chi connectivity index (χ4n) is 0.926. The first-order valence-corrected chi connectivity index (χ1v) is 4.79. The second-order valence-corrected chi connectivity index (χ2v) is 3.72. The van der Waals surface area contributed by atoms with Gasteiger partial charge in [-0.15, -0.1) is 11.8 Å². The van der Waals surface area contributed by atoms with Gasteiger partial charge in [0.25, 0.3) is 0 Å². The van der Waals surface area contributed by atoms with Gasteiger partial charge in [0.05, 0.1) is 5.56 Å². The fraction of sp³-hybridized carbons (Fsp3) is 0.222. The van der Waals surface area contributed by atoms with Crippen molar-refractivity contribution in [2.75, 3.05) is 5.75 Å². The Morgan fingerprint density at radius 3 is 2.77 bits per heavy atom. The van der Waals surface area contributed by atoms with Crippen molar-refractivity contribution in [2.45, 2.75) is 11.8 Å². The molecule has 0 amide bonds. The Bertz CT molecular complexity index is 325. The maximum atomic E-state index is 13.0. The maximum absolute atomic E-state index is 13.0. The summed E-state index contributed by atoms with van der Waals surface area (Å²) >= 11 is 1.48. The maximum Gasteiger partial charge on any atom is 0.338 e. The fourth-order valence-corrected chi connectivity index (χ4v) is 1.61. The number of hydrogen-bond donors (Lipinski definition) is 1. The van der Waals surface area contributed by atoms with Gasteiger partial charge >= 0.3 is 5.97 Å². The zero-order chi connectivity index (χ0) is 9.84. The molecule has 1 N–H and O–H groups in total. The Labute approximate surface area is 79.8 Å². The summed E-state index contributed by atoms with van der Waals surface area (Å²) in [5, 5.41) is 8.54. The zero-order valence-electron chi connectivity index (χ0n) is 7.08. The number of carboxylic acids is 1. The summed E-state index contributed by atoms with van der Waals surface area (Å²) in [6.45, 7) is 1.95. The zero-order valence-corrected chi connectivity index (χ0v) is 7.90. The van der Waals surface area contributed by atoms with Crippen LogP contribution in [0, 0.1) is 5.82 Å². The van der Waals surface area contributed by atoms with E-state index in [1.807, 2.05) is 6.92 Å². The van der Waals surface area contributed by atoms with Crippen molar-refractivity contribution in [1.29, 1.82) is 0 Å². The number of thioether (sulfide) groups is 1. The monoisotopic (exact) mass is 200 g/mol. The van der Waals surface area contributed by atoms with Gasteiger partial charge in [-0.05, 0) is 24.0 Å². The second-order valence-electron chi connectivity index (χ2n) is 2.38. The minimum absolute atomic E-state index is 0.277. The molecule has 1 rings (SSSR count). The van der Waals surface area contributed by atoms with Crippen molar-refractivity contribution in [1.82, 2.24) is 0 Å². The Kier molecular flexibility index (Phi) is 3.31. The molecule has 0 saturated carbocycles. The van der Waals surface area contributed by atoms with E-state index in [9.17, 15) is 9.18 Å². The molecule has 0 atom stereocenters. The highest BCUT2D eigenvalue weighted by Gasteiger charge is 2.09. The lowest BCUT2D eigenvalue weighted by Crippen LogP contribution is -1.99. The van der Waals surface area contributed by atoms with E-state index in [0.717, 1.165) is 10.6 Å². The van der Waals surface area contributed by atoms with E-state index < -0.39 is 11.8 Å². The third-order valence-corrected chi connectivity index (χ3v) is 2.36. The lowest BCUT2D eigenvalue weighted by Gasteiger charge is -2.00. The number of carboxylic acid groups (broad SMARTS) is 1. The van der Waals surface area contributed by atoms with Gasteiger partial charge in [-0.1, -0.05) is 6.92 Å². The lowest BCUT2D eigenvalue weighted by molar-refractivity contribution is 0.0692. The SMILES string of the molecule is CCSc1ccc(C(=O)O)c(F)c1. The molecule has 1 aromatic carbocycles. The van der Waals surface area contributed by atoms with Crippen LogP contribution in [0.2, 0.25) is 0 Å². The van der Waals surface area contributed by atoms with Gasteiger partial charge in [0.15, 0.2) is 0 Å². The average Bonchev–Trinajstić information content (AvgIpc) is 2.04. The second kappa shape index (κ2) is 4.28. The molecular formula is C9H9FO2S. The van der Waals surface area contributed by atoms with Gasteiger partial charge < -0.3 is 5.11 Å². The number of rotatable bonds is 3. The van der Waals surface area contributed by atoms with Crippen molar-refractivity contribution in [3.05, 3.63) is 29.6 Å². The van der Waals surface area contributed by atoms with Crippen molar-refractivity contribution >= 4 is 17.7 Å². The highest BCUT2D eigenvalue weighted by molar-refractivity contribution is 7.99. The summed E-state index contributed by atoms with van der Waals surface area (Å²) in [6, 6.07) is 4.15. The van der Waals surface area contributed by atoms with Crippen LogP contribution < -0.4 is 0 Å². The van der Waals surface area contributed by atoms with E-state index in [0.29, 0.717) is 0 Å². The highest BCUT2D eigenvalue weighted by atomic mass is 32.2. The van der Waals surface area contributed by atoms with Crippen LogP contribution in [0.4, 0.5) is 4.39 Å². The van der Waals surface area contributed by atoms with Gasteiger partial charge in [0.2, 0.25) is 0 Å². The average molecular weight is 200 g/mol. The first kappa shape index (κ1) is 10.1. The predicted octanol–water partition coefficient (Wildman–Crippen LogP) is 2.64. The van der Waals surface area contributed by atoms with Crippen LogP contribution in [0.25, 0.3) is 0 Å². The van der Waals surface area contributed by atoms with Gasteiger partial charge in [-0.3, -0.25) is 0 Å². The van der Waals surface area contributed by atoms with Gasteiger partial charge in [0.1, 0.15) is 5.82 Å². The van der Waals surface area contributed by atoms with Crippen LogP contribution in [0.3, 0.4) is 0 Å². The van der Waals surface area contributed by atoms with Crippen LogP contribution in [-0.4, -0.2) is 16.8 Å². The lowest BCUT2D eigenvalue weighted by atomic mass is 10.2. The predicted molar refractivity (Wildman–Crippen MR) is 49.8 cm³/mol. The molecule has 2 nitrogen and oxygen atoms in total. The number of halogens is 1. The van der Waals surface area contributed by atoms with Crippen molar-refractivity contribution in [3.8, 4) is 0 Å². The van der Waals surface area contributed by atoms with E-state index in [1.165, 1.54) is 23.9 Å². The number of benzene rings is 1. The highest BCUT2D eigenvalue weighted by Crippen LogP contribution is 2.20. The molecular weight excluding hydrogens is 191 g/mol. The van der Waals surface area contributed by atoms with Crippen molar-refractivity contribution in [3.63, 3.8) is 0 Å². The van der Waals surface area contributed by atoms with E-state index in [4.69, 9.17) is 5.11 Å². The van der Waals surface area contributed by atoms with Gasteiger partial charge in [0, 0.05) is 4.90 Å². The molecule has 0 aliphatic rings. The molecule has 1 aromatic rings. The van der Waals surface area contributed by atoms with E-state index in [2.05, 4.69) is 0 Å². The molecule has 0 aliphatic carbocycles. The smallest absolute Gasteiger partial charge is 0.338 e. The van der Waals surface area contributed by atoms with Crippen LogP contribution in [0.15, 0.2) is 23.1 Å². The first-order chi connectivity index (χ1) is 6.15. The summed E-state index contributed by atoms with van der Waals surface area (Å²) in [6.07, 6.45) is 0. The summed E-state index contributed by atoms with van der Waals surface area (Å²) in [5.41, 5.74) is -0.277. The van der Waals surface area contributed by atoms with Crippen molar-refractivity contribution < 1.29 is 14.3 Å². The molecule has 0 fully saturated rings. The Balaban J connectivity index is 2.98. The van der Waals surface area contributed by atoms with Gasteiger partial charge in [-0.2, -0.15) is 0 Å². The normalized spacial score (nSPS) is 10.0. The molecule has 13 heavy (non-hydrogen) atoms. The minimum Gasteiger partial charge on any atom is -0.478 e. The molecule has 0 aromatic heterocycles. The quantitative estimate of drug-likeness (QED) is 0.762. The third-order valence-electron chi connectivity index (χ3n) is 1.48. The molecule has 70 valence electrons. The Morgan fingerprint density at radius 1 is 1.62 bits per heavy atom. The third kappa shape index (κ3) is 2.45. The molecule has 0 heterocycles. The molecule has 0 spiro atoms. The summed E-state index contributed by atoms with van der Waals surface area (Å²) in [5.74, 6) is -1.07. The molecule has 0 aliphatic heterocycles. The summed E-state index contributed by atoms with van der Waals surface area (Å²) in [7, 11) is 0. The summed E-state index contributed by atoms with van der Waals surface area (Å²) < 4.78 is 13.0. The van der Waals surface area contributed by atoms with Crippen molar-refractivity contribution in [2.24, 2.45) is 0 Å². The molecule has 0 radical (unpaired) electrons. The number of aromatic carboxylic acids is 1. The first-order valence-electron chi connectivity index (χ1n) is 3.80. The molecule has 0 unspecified atom stereocenters. The van der Waals surface area contributed by atoms with Crippen LogP contribution in [-0.2, 0) is 0 Å². The topological polar surface area (TPSA) is 37.3 Å². The number of carbonyl (C=O) groups is 1. The van der Waals surface area contributed by atoms with Crippen LogP contribution >= 0.6 is 11.8 Å². The minimum atomic E-state index is -1.23. The molecule has 0 saturated heterocycles. The van der Waals surface area contributed by atoms with Crippen LogP contribution in [0.5, 0.6) is 0 Å². The Morgan fingerprint density at radius 2 is 2.31 bits per heavy atom.